The van der Waals surface area contributed by atoms with E-state index < -0.39 is 5.60 Å². The van der Waals surface area contributed by atoms with Gasteiger partial charge in [-0.05, 0) is 25.1 Å². The summed E-state index contributed by atoms with van der Waals surface area (Å²) in [5.41, 5.74) is -0.556. The molecule has 0 amide bonds. The van der Waals surface area contributed by atoms with Crippen LogP contribution in [-0.2, 0) is 9.53 Å². The lowest BCUT2D eigenvalue weighted by Crippen LogP contribution is -2.23. The van der Waals surface area contributed by atoms with Crippen LogP contribution in [0.5, 0.6) is 0 Å². The highest BCUT2D eigenvalue weighted by Gasteiger charge is 2.25. The Labute approximate surface area is 87.5 Å². The van der Waals surface area contributed by atoms with Gasteiger partial charge in [-0.1, -0.05) is 0 Å². The van der Waals surface area contributed by atoms with Crippen molar-refractivity contribution in [2.45, 2.75) is 18.9 Å². The standard InChI is InChI=1S/C6H8O2.C5H4O2/c1-6(5-7)3-2-4-8-6;6-4-5-2-1-3-7-5/h2,4-5H,3H2,1H3;1-4H. The molecule has 1 aliphatic rings. The Morgan fingerprint density at radius 1 is 1.47 bits per heavy atom. The molecule has 80 valence electrons. The van der Waals surface area contributed by atoms with Crippen LogP contribution in [0.1, 0.15) is 23.9 Å². The number of carbonyl (C=O) groups excluding carboxylic acids is 2. The maximum Gasteiger partial charge on any atom is 0.185 e. The second-order valence-corrected chi connectivity index (χ2v) is 3.26. The van der Waals surface area contributed by atoms with Gasteiger partial charge in [0, 0.05) is 6.42 Å². The van der Waals surface area contributed by atoms with Crippen LogP contribution in [0.15, 0.2) is 35.2 Å². The quantitative estimate of drug-likeness (QED) is 0.697. The summed E-state index contributed by atoms with van der Waals surface area (Å²) in [6, 6.07) is 3.27. The SMILES string of the molecule is CC1(C=O)CC=CO1.O=Cc1ccco1. The fourth-order valence-corrected chi connectivity index (χ4v) is 0.968. The lowest BCUT2D eigenvalue weighted by molar-refractivity contribution is -0.121. The molecule has 0 fully saturated rings. The van der Waals surface area contributed by atoms with Gasteiger partial charge in [0.1, 0.15) is 0 Å². The number of hydrogen-bond donors (Lipinski definition) is 0. The summed E-state index contributed by atoms with van der Waals surface area (Å²) < 4.78 is 9.56. The number of furan rings is 1. The zero-order valence-corrected chi connectivity index (χ0v) is 8.38. The van der Waals surface area contributed by atoms with Crippen LogP contribution in [0, 0.1) is 0 Å². The van der Waals surface area contributed by atoms with Crippen molar-refractivity contribution in [3.63, 3.8) is 0 Å². The topological polar surface area (TPSA) is 56.5 Å². The molecule has 0 saturated carbocycles. The molecule has 0 aromatic carbocycles. The molecule has 0 bridgehead atoms. The first-order valence-electron chi connectivity index (χ1n) is 4.48. The van der Waals surface area contributed by atoms with Gasteiger partial charge in [0.2, 0.25) is 0 Å². The molecule has 1 atom stereocenters. The summed E-state index contributed by atoms with van der Waals surface area (Å²) in [6.45, 7) is 1.76. The molecule has 1 aliphatic heterocycles. The average Bonchev–Trinajstić information content (AvgIpc) is 2.90. The van der Waals surface area contributed by atoms with Gasteiger partial charge in [0.05, 0.1) is 12.5 Å². The van der Waals surface area contributed by atoms with E-state index in [-0.39, 0.29) is 0 Å². The summed E-state index contributed by atoms with van der Waals surface area (Å²) in [5.74, 6) is 0.375. The van der Waals surface area contributed by atoms with Gasteiger partial charge in [-0.15, -0.1) is 0 Å². The van der Waals surface area contributed by atoms with Crippen molar-refractivity contribution in [1.29, 1.82) is 0 Å². The zero-order chi connectivity index (χ0) is 11.1. The van der Waals surface area contributed by atoms with Gasteiger partial charge in [-0.25, -0.2) is 0 Å². The van der Waals surface area contributed by atoms with E-state index in [4.69, 9.17) is 4.74 Å². The number of aldehydes is 2. The lowest BCUT2D eigenvalue weighted by atomic mass is 10.1. The Bertz CT molecular complexity index is 329. The first-order valence-corrected chi connectivity index (χ1v) is 4.48. The fourth-order valence-electron chi connectivity index (χ4n) is 0.968. The second kappa shape index (κ2) is 5.14. The van der Waals surface area contributed by atoms with E-state index in [0.717, 1.165) is 6.29 Å². The Morgan fingerprint density at radius 3 is 2.53 bits per heavy atom. The molecule has 1 aromatic heterocycles. The van der Waals surface area contributed by atoms with E-state index in [1.165, 1.54) is 6.26 Å². The third kappa shape index (κ3) is 3.42. The first kappa shape index (κ1) is 11.2. The van der Waals surface area contributed by atoms with Crippen molar-refractivity contribution < 1.29 is 18.7 Å². The monoisotopic (exact) mass is 208 g/mol. The van der Waals surface area contributed by atoms with Crippen LogP contribution in [0.2, 0.25) is 0 Å². The Balaban J connectivity index is 0.000000151. The van der Waals surface area contributed by atoms with Crippen molar-refractivity contribution in [3.05, 3.63) is 36.5 Å². The van der Waals surface area contributed by atoms with Crippen molar-refractivity contribution in [3.8, 4) is 0 Å². The van der Waals surface area contributed by atoms with Gasteiger partial charge in [0.15, 0.2) is 23.9 Å². The van der Waals surface area contributed by atoms with Crippen LogP contribution >= 0.6 is 0 Å². The fraction of sp³-hybridized carbons (Fsp3) is 0.273. The summed E-state index contributed by atoms with van der Waals surface area (Å²) >= 11 is 0. The van der Waals surface area contributed by atoms with E-state index in [0.29, 0.717) is 18.5 Å². The van der Waals surface area contributed by atoms with Crippen molar-refractivity contribution in [1.82, 2.24) is 0 Å². The van der Waals surface area contributed by atoms with Crippen molar-refractivity contribution >= 4 is 12.6 Å². The maximum absolute atomic E-state index is 10.2. The first-order chi connectivity index (χ1) is 7.20. The highest BCUT2D eigenvalue weighted by Crippen LogP contribution is 2.19. The van der Waals surface area contributed by atoms with Crippen LogP contribution in [0.4, 0.5) is 0 Å². The van der Waals surface area contributed by atoms with Crippen LogP contribution in [0.25, 0.3) is 0 Å². The highest BCUT2D eigenvalue weighted by atomic mass is 16.5. The summed E-state index contributed by atoms with van der Waals surface area (Å²) in [4.78, 5) is 19.9. The van der Waals surface area contributed by atoms with E-state index in [9.17, 15) is 9.59 Å². The van der Waals surface area contributed by atoms with E-state index >= 15 is 0 Å². The summed E-state index contributed by atoms with van der Waals surface area (Å²) in [7, 11) is 0. The molecule has 2 rings (SSSR count). The molecule has 4 heteroatoms. The van der Waals surface area contributed by atoms with Crippen molar-refractivity contribution in [2.24, 2.45) is 0 Å². The Kier molecular flexibility index (Phi) is 3.85. The molecule has 15 heavy (non-hydrogen) atoms. The third-order valence-corrected chi connectivity index (χ3v) is 1.87. The van der Waals surface area contributed by atoms with Crippen LogP contribution < -0.4 is 0 Å². The summed E-state index contributed by atoms with van der Waals surface area (Å²) in [6.07, 6.45) is 7.07. The van der Waals surface area contributed by atoms with Gasteiger partial charge in [0.25, 0.3) is 0 Å². The molecule has 0 saturated heterocycles. The molecular formula is C11H12O4. The normalized spacial score (nSPS) is 22.5. The minimum absolute atomic E-state index is 0.375. The largest absolute Gasteiger partial charge is 0.488 e. The number of rotatable bonds is 2. The van der Waals surface area contributed by atoms with Gasteiger partial charge < -0.3 is 9.15 Å². The number of ether oxygens (including phenoxy) is 1. The number of hydrogen-bond acceptors (Lipinski definition) is 4. The van der Waals surface area contributed by atoms with E-state index in [2.05, 4.69) is 4.42 Å². The molecule has 1 aromatic rings. The summed E-state index contributed by atoms with van der Waals surface area (Å²) in [5, 5.41) is 0. The molecule has 0 aliphatic carbocycles. The maximum atomic E-state index is 10.2. The highest BCUT2D eigenvalue weighted by molar-refractivity contribution is 5.69. The molecule has 0 spiro atoms. The van der Waals surface area contributed by atoms with Crippen molar-refractivity contribution in [2.75, 3.05) is 0 Å². The predicted molar refractivity (Wildman–Crippen MR) is 53.4 cm³/mol. The molecule has 0 N–H and O–H groups in total. The minimum Gasteiger partial charge on any atom is -0.488 e. The third-order valence-electron chi connectivity index (χ3n) is 1.87. The second-order valence-electron chi connectivity index (χ2n) is 3.26. The van der Waals surface area contributed by atoms with E-state index in [1.54, 1.807) is 25.3 Å². The van der Waals surface area contributed by atoms with Gasteiger partial charge >= 0.3 is 0 Å². The molecule has 0 radical (unpaired) electrons. The Hall–Kier alpha value is -1.84. The molecule has 4 nitrogen and oxygen atoms in total. The van der Waals surface area contributed by atoms with E-state index in [1.807, 2.05) is 6.08 Å². The molecule has 1 unspecified atom stereocenters. The number of carbonyl (C=O) groups is 2. The predicted octanol–water partition coefficient (Wildman–Crippen LogP) is 1.97. The van der Waals surface area contributed by atoms with Gasteiger partial charge in [-0.2, -0.15) is 0 Å². The molecular weight excluding hydrogens is 196 g/mol. The van der Waals surface area contributed by atoms with Crippen LogP contribution in [0.3, 0.4) is 0 Å². The van der Waals surface area contributed by atoms with Gasteiger partial charge in [-0.3, -0.25) is 9.59 Å². The lowest BCUT2D eigenvalue weighted by Gasteiger charge is -2.13. The minimum atomic E-state index is -0.556. The molecule has 2 heterocycles. The van der Waals surface area contributed by atoms with Crippen LogP contribution in [-0.4, -0.2) is 18.2 Å². The average molecular weight is 208 g/mol. The zero-order valence-electron chi connectivity index (χ0n) is 8.38. The smallest absolute Gasteiger partial charge is 0.185 e. The Morgan fingerprint density at radius 2 is 2.27 bits per heavy atom.